The van der Waals surface area contributed by atoms with Crippen LogP contribution in [0.15, 0.2) is 41.2 Å². The number of aromatic nitrogens is 2. The van der Waals surface area contributed by atoms with Crippen LogP contribution < -0.4 is 9.64 Å². The van der Waals surface area contributed by atoms with E-state index in [2.05, 4.69) is 4.98 Å². The fraction of sp³-hybridized carbons (Fsp3) is 0.385. The molecule has 4 rings (SSSR count). The van der Waals surface area contributed by atoms with E-state index in [1.54, 1.807) is 28.5 Å². The molecule has 1 aliphatic heterocycles. The molecule has 8 nitrogen and oxygen atoms in total. The summed E-state index contributed by atoms with van der Waals surface area (Å²) in [5.74, 6) is 1.28. The van der Waals surface area contributed by atoms with Gasteiger partial charge in [0.2, 0.25) is 5.91 Å². The Hall–Kier alpha value is -3.46. The van der Waals surface area contributed by atoms with Gasteiger partial charge in [-0.3, -0.25) is 9.69 Å². The Kier molecular flexibility index (Phi) is 7.07. The van der Waals surface area contributed by atoms with E-state index in [0.717, 1.165) is 33.8 Å². The highest BCUT2D eigenvalue weighted by Crippen LogP contribution is 2.27. The average Bonchev–Trinajstić information content (AvgIpc) is 3.30. The van der Waals surface area contributed by atoms with E-state index in [4.69, 9.17) is 14.5 Å². The number of aryl methyl sites for hydroxylation is 1. The van der Waals surface area contributed by atoms with Crippen LogP contribution in [0.3, 0.4) is 0 Å². The van der Waals surface area contributed by atoms with Gasteiger partial charge in [-0.2, -0.15) is 0 Å². The molecule has 0 aliphatic carbocycles. The number of hydrogen-bond acceptors (Lipinski definition) is 7. The lowest BCUT2D eigenvalue weighted by atomic mass is 10.0. The normalized spacial score (nSPS) is 13.4. The van der Waals surface area contributed by atoms with Gasteiger partial charge in [-0.05, 0) is 62.6 Å². The standard InChI is InChI=1S/C26H30N4O4S/c1-17-10-21(33-5)8-6-19(17)12-30(25(32)34-26(2,3)4)23-9-7-18-11-24(31)29(14-22(18)28-23)13-20-15-35-16-27-20/h6-10,15-16H,11-14H2,1-5H3. The zero-order chi connectivity index (χ0) is 25.2. The molecule has 3 aromatic rings. The number of nitrogens with zero attached hydrogens (tertiary/aromatic N) is 4. The van der Waals surface area contributed by atoms with Crippen molar-refractivity contribution >= 4 is 29.2 Å². The summed E-state index contributed by atoms with van der Waals surface area (Å²) in [5.41, 5.74) is 5.56. The van der Waals surface area contributed by atoms with Gasteiger partial charge in [0.25, 0.3) is 0 Å². The van der Waals surface area contributed by atoms with Crippen molar-refractivity contribution in [3.63, 3.8) is 0 Å². The van der Waals surface area contributed by atoms with E-state index in [1.807, 2.05) is 57.3 Å². The lowest BCUT2D eigenvalue weighted by Crippen LogP contribution is -2.39. The molecule has 0 atom stereocenters. The third-order valence-electron chi connectivity index (χ3n) is 5.69. The van der Waals surface area contributed by atoms with Crippen LogP contribution in [-0.2, 0) is 35.6 Å². The van der Waals surface area contributed by atoms with Gasteiger partial charge in [0.05, 0.1) is 50.1 Å². The van der Waals surface area contributed by atoms with Crippen LogP contribution in [-0.4, -0.2) is 39.6 Å². The van der Waals surface area contributed by atoms with Crippen molar-refractivity contribution < 1.29 is 19.1 Å². The number of carbonyl (C=O) groups excluding carboxylic acids is 2. The molecule has 9 heteroatoms. The lowest BCUT2D eigenvalue weighted by Gasteiger charge is -2.30. The van der Waals surface area contributed by atoms with Crippen LogP contribution in [0.1, 0.15) is 48.8 Å². The Morgan fingerprint density at radius 1 is 1.23 bits per heavy atom. The number of amides is 2. The molecule has 0 saturated heterocycles. The SMILES string of the molecule is COc1ccc(CN(C(=O)OC(C)(C)C)c2ccc3c(n2)CN(Cc2cscn2)C(=O)C3)c(C)c1. The topological polar surface area (TPSA) is 84.9 Å². The maximum absolute atomic E-state index is 13.3. The Morgan fingerprint density at radius 2 is 2.03 bits per heavy atom. The number of anilines is 1. The van der Waals surface area contributed by atoms with Gasteiger partial charge in [-0.25, -0.2) is 14.8 Å². The molecule has 0 bridgehead atoms. The summed E-state index contributed by atoms with van der Waals surface area (Å²) >= 11 is 1.50. The maximum Gasteiger partial charge on any atom is 0.416 e. The van der Waals surface area contributed by atoms with Crippen molar-refractivity contribution in [3.05, 3.63) is 69.3 Å². The number of fused-ring (bicyclic) bond motifs is 1. The van der Waals surface area contributed by atoms with Crippen molar-refractivity contribution in [1.82, 2.24) is 14.9 Å². The summed E-state index contributed by atoms with van der Waals surface area (Å²) in [6.07, 6.45) is -0.206. The van der Waals surface area contributed by atoms with E-state index < -0.39 is 11.7 Å². The number of hydrogen-bond donors (Lipinski definition) is 0. The third-order valence-corrected chi connectivity index (χ3v) is 6.33. The third kappa shape index (κ3) is 5.97. The zero-order valence-electron chi connectivity index (χ0n) is 20.7. The highest BCUT2D eigenvalue weighted by molar-refractivity contribution is 7.07. The molecule has 0 saturated carbocycles. The van der Waals surface area contributed by atoms with Crippen molar-refractivity contribution in [3.8, 4) is 5.75 Å². The first-order valence-electron chi connectivity index (χ1n) is 11.4. The second kappa shape index (κ2) is 10.0. The van der Waals surface area contributed by atoms with Gasteiger partial charge in [-0.15, -0.1) is 11.3 Å². The number of rotatable bonds is 6. The second-order valence-electron chi connectivity index (χ2n) is 9.54. The highest BCUT2D eigenvalue weighted by atomic mass is 32.1. The van der Waals surface area contributed by atoms with Crippen molar-refractivity contribution in [2.24, 2.45) is 0 Å². The highest BCUT2D eigenvalue weighted by Gasteiger charge is 2.29. The molecule has 0 spiro atoms. The van der Waals surface area contributed by atoms with Crippen LogP contribution >= 0.6 is 11.3 Å². The van der Waals surface area contributed by atoms with Crippen LogP contribution in [0, 0.1) is 6.92 Å². The van der Waals surface area contributed by atoms with E-state index in [1.165, 1.54) is 11.3 Å². The molecule has 2 aromatic heterocycles. The quantitative estimate of drug-likeness (QED) is 0.486. The molecule has 0 radical (unpaired) electrons. The summed E-state index contributed by atoms with van der Waals surface area (Å²) in [5, 5.41) is 1.94. The van der Waals surface area contributed by atoms with Gasteiger partial charge >= 0.3 is 6.09 Å². The van der Waals surface area contributed by atoms with E-state index >= 15 is 0 Å². The van der Waals surface area contributed by atoms with Crippen LogP contribution in [0.25, 0.3) is 0 Å². The van der Waals surface area contributed by atoms with Crippen LogP contribution in [0.4, 0.5) is 10.6 Å². The van der Waals surface area contributed by atoms with Crippen molar-refractivity contribution in [2.45, 2.75) is 59.4 Å². The second-order valence-corrected chi connectivity index (χ2v) is 10.3. The van der Waals surface area contributed by atoms with Gasteiger partial charge in [0.15, 0.2) is 0 Å². The minimum Gasteiger partial charge on any atom is -0.497 e. The molecule has 184 valence electrons. The molecule has 3 heterocycles. The van der Waals surface area contributed by atoms with Crippen LogP contribution in [0.2, 0.25) is 0 Å². The molecular formula is C26H30N4O4S. The molecule has 1 aromatic carbocycles. The fourth-order valence-corrected chi connectivity index (χ4v) is 4.41. The minimum atomic E-state index is -0.657. The molecule has 2 amide bonds. The Morgan fingerprint density at radius 3 is 2.69 bits per heavy atom. The Balaban J connectivity index is 1.64. The molecule has 0 N–H and O–H groups in total. The number of benzene rings is 1. The number of thiazole rings is 1. The molecule has 0 unspecified atom stereocenters. The number of carbonyl (C=O) groups is 2. The predicted octanol–water partition coefficient (Wildman–Crippen LogP) is 4.88. The first-order chi connectivity index (χ1) is 16.6. The predicted molar refractivity (Wildman–Crippen MR) is 134 cm³/mol. The minimum absolute atomic E-state index is 0.0397. The van der Waals surface area contributed by atoms with Gasteiger partial charge in [0, 0.05) is 5.38 Å². The fourth-order valence-electron chi connectivity index (χ4n) is 3.86. The number of methoxy groups -OCH3 is 1. The largest absolute Gasteiger partial charge is 0.497 e. The zero-order valence-corrected chi connectivity index (χ0v) is 21.5. The molecule has 1 aliphatic rings. The molecular weight excluding hydrogens is 464 g/mol. The van der Waals surface area contributed by atoms with Gasteiger partial charge < -0.3 is 14.4 Å². The van der Waals surface area contributed by atoms with Crippen molar-refractivity contribution in [2.75, 3.05) is 12.0 Å². The maximum atomic E-state index is 13.3. The van der Waals surface area contributed by atoms with Crippen molar-refractivity contribution in [1.29, 1.82) is 0 Å². The summed E-state index contributed by atoms with van der Waals surface area (Å²) in [6, 6.07) is 9.42. The summed E-state index contributed by atoms with van der Waals surface area (Å²) in [6.45, 7) is 8.58. The average molecular weight is 495 g/mol. The smallest absolute Gasteiger partial charge is 0.416 e. The Bertz CT molecular complexity index is 1220. The van der Waals surface area contributed by atoms with E-state index in [-0.39, 0.29) is 18.9 Å². The lowest BCUT2D eigenvalue weighted by molar-refractivity contribution is -0.132. The number of ether oxygens (including phenoxy) is 2. The molecule has 35 heavy (non-hydrogen) atoms. The summed E-state index contributed by atoms with van der Waals surface area (Å²) in [7, 11) is 1.63. The van der Waals surface area contributed by atoms with Crippen LogP contribution in [0.5, 0.6) is 5.75 Å². The van der Waals surface area contributed by atoms with Gasteiger partial charge in [0.1, 0.15) is 17.2 Å². The molecule has 0 fully saturated rings. The first kappa shape index (κ1) is 24.7. The number of pyridine rings is 1. The Labute approximate surface area is 209 Å². The van der Waals surface area contributed by atoms with E-state index in [0.29, 0.717) is 18.9 Å². The summed E-state index contributed by atoms with van der Waals surface area (Å²) < 4.78 is 11.0. The first-order valence-corrected chi connectivity index (χ1v) is 12.3. The monoisotopic (exact) mass is 494 g/mol. The summed E-state index contributed by atoms with van der Waals surface area (Å²) in [4.78, 5) is 38.4. The van der Waals surface area contributed by atoms with Gasteiger partial charge in [-0.1, -0.05) is 12.1 Å². The van der Waals surface area contributed by atoms with E-state index in [9.17, 15) is 9.59 Å².